The van der Waals surface area contributed by atoms with Crippen LogP contribution < -0.4 is 15.9 Å². The van der Waals surface area contributed by atoms with E-state index in [0.717, 1.165) is 6.42 Å². The van der Waals surface area contributed by atoms with Crippen LogP contribution >= 0.6 is 62.9 Å². The Morgan fingerprint density at radius 1 is 0.541 bits per heavy atom. The summed E-state index contributed by atoms with van der Waals surface area (Å²) in [6.45, 7) is 0. The van der Waals surface area contributed by atoms with Gasteiger partial charge in [0, 0.05) is 9.29 Å². The van der Waals surface area contributed by atoms with Crippen LogP contribution in [0.15, 0.2) is 155 Å². The largest absolute Gasteiger partial charge is 0.0877 e. The molecule has 0 bridgehead atoms. The Morgan fingerprint density at radius 3 is 1.57 bits per heavy atom. The molecule has 0 aromatic heterocycles. The van der Waals surface area contributed by atoms with Crippen molar-refractivity contribution in [2.75, 3.05) is 0 Å². The van der Waals surface area contributed by atoms with Gasteiger partial charge in [-0.15, -0.1) is 0 Å². The van der Waals surface area contributed by atoms with E-state index < -0.39 is 15.8 Å². The van der Waals surface area contributed by atoms with Crippen LogP contribution in [0.2, 0.25) is 0 Å². The fourth-order valence-electron chi connectivity index (χ4n) is 4.14. The van der Waals surface area contributed by atoms with Gasteiger partial charge in [-0.05, 0) is 54.3 Å². The van der Waals surface area contributed by atoms with Gasteiger partial charge in [0.15, 0.2) is 0 Å². The fourth-order valence-corrected chi connectivity index (χ4v) is 15.9. The molecule has 37 heavy (non-hydrogen) atoms. The van der Waals surface area contributed by atoms with Crippen LogP contribution in [0.1, 0.15) is 6.42 Å². The molecule has 0 saturated carbocycles. The molecule has 0 radical (unpaired) electrons. The molecule has 2 heterocycles. The molecule has 6 heteroatoms. The van der Waals surface area contributed by atoms with E-state index >= 15 is 0 Å². The van der Waals surface area contributed by atoms with Gasteiger partial charge in [-0.3, -0.25) is 0 Å². The summed E-state index contributed by atoms with van der Waals surface area (Å²) >= 11 is 7.78. The Bertz CT molecular complexity index is 1400. The molecule has 182 valence electrons. The first-order valence-corrected chi connectivity index (χ1v) is 18.1. The Balaban J connectivity index is 1.26. The van der Waals surface area contributed by atoms with Gasteiger partial charge in [0.05, 0.1) is 8.47 Å². The van der Waals surface area contributed by atoms with Crippen molar-refractivity contribution in [3.63, 3.8) is 0 Å². The minimum atomic E-state index is -0.557. The van der Waals surface area contributed by atoms with Crippen molar-refractivity contribution in [3.8, 4) is 0 Å². The summed E-state index contributed by atoms with van der Waals surface area (Å²) < 4.78 is 5.80. The summed E-state index contributed by atoms with van der Waals surface area (Å²) in [4.78, 5) is 0. The fraction of sp³-hybridized carbons (Fsp3) is 0.0323. The number of hydrogen-bond acceptors (Lipinski definition) is 4. The summed E-state index contributed by atoms with van der Waals surface area (Å²) in [6, 6.07) is 33.1. The molecule has 1 atom stereocenters. The molecular weight excluding hydrogens is 563 g/mol. The molecule has 1 aliphatic carbocycles. The first-order valence-electron chi connectivity index (χ1n) is 12.0. The topological polar surface area (TPSA) is 0 Å². The van der Waals surface area contributed by atoms with Gasteiger partial charge < -0.3 is 0 Å². The maximum absolute atomic E-state index is 2.41. The van der Waals surface area contributed by atoms with Crippen LogP contribution in [0.4, 0.5) is 0 Å². The highest BCUT2D eigenvalue weighted by atomic mass is 32.2. The van der Waals surface area contributed by atoms with Crippen LogP contribution in [0.25, 0.3) is 0 Å². The monoisotopic (exact) mass is 586 g/mol. The molecule has 1 unspecified atom stereocenters. The Hall–Kier alpha value is -1.64. The third-order valence-corrected chi connectivity index (χ3v) is 17.1. The highest BCUT2D eigenvalue weighted by Crippen LogP contribution is 2.67. The van der Waals surface area contributed by atoms with Crippen molar-refractivity contribution in [2.24, 2.45) is 0 Å². The van der Waals surface area contributed by atoms with Crippen molar-refractivity contribution in [1.82, 2.24) is 0 Å². The van der Waals surface area contributed by atoms with Gasteiger partial charge in [0.1, 0.15) is 0 Å². The SMILES string of the molecule is C1=CCC=C(P(C2=CS/C(=C3/SC=C(P(c4ccccc4)c4ccccc4)S3)S2)c2ccccc2)C=C1. The molecule has 0 saturated heterocycles. The number of rotatable bonds is 6. The van der Waals surface area contributed by atoms with Gasteiger partial charge >= 0.3 is 0 Å². The molecule has 3 aromatic rings. The molecule has 0 N–H and O–H groups in total. The van der Waals surface area contributed by atoms with Gasteiger partial charge in [0.25, 0.3) is 0 Å². The molecule has 0 nitrogen and oxygen atoms in total. The molecule has 2 aliphatic heterocycles. The highest BCUT2D eigenvalue weighted by Gasteiger charge is 2.30. The minimum absolute atomic E-state index is 0.553. The van der Waals surface area contributed by atoms with Crippen LogP contribution in [0.3, 0.4) is 0 Å². The van der Waals surface area contributed by atoms with E-state index in [0.29, 0.717) is 0 Å². The molecule has 0 fully saturated rings. The Morgan fingerprint density at radius 2 is 1.03 bits per heavy atom. The third kappa shape index (κ3) is 6.01. The summed E-state index contributed by atoms with van der Waals surface area (Å²) in [6.07, 6.45) is 12.3. The van der Waals surface area contributed by atoms with E-state index in [9.17, 15) is 0 Å². The molecule has 3 aliphatic rings. The number of benzene rings is 3. The lowest BCUT2D eigenvalue weighted by atomic mass is 10.4. The lowest BCUT2D eigenvalue weighted by Gasteiger charge is -2.20. The molecular formula is C31H24P2S4. The zero-order valence-corrected chi connectivity index (χ0v) is 25.0. The zero-order chi connectivity index (χ0) is 24.9. The van der Waals surface area contributed by atoms with Gasteiger partial charge in [-0.2, -0.15) is 0 Å². The predicted octanol–water partition coefficient (Wildman–Crippen LogP) is 10.0. The van der Waals surface area contributed by atoms with Crippen molar-refractivity contribution in [3.05, 3.63) is 155 Å². The zero-order valence-electron chi connectivity index (χ0n) is 19.9. The van der Waals surface area contributed by atoms with E-state index in [4.69, 9.17) is 0 Å². The van der Waals surface area contributed by atoms with Crippen LogP contribution in [-0.4, -0.2) is 0 Å². The smallest absolute Gasteiger partial charge is 0.0701 e. The highest BCUT2D eigenvalue weighted by molar-refractivity contribution is 8.36. The second-order valence-electron chi connectivity index (χ2n) is 8.26. The lowest BCUT2D eigenvalue weighted by molar-refractivity contribution is 1.40. The second kappa shape index (κ2) is 12.5. The first-order chi connectivity index (χ1) is 18.4. The normalized spacial score (nSPS) is 20.0. The Kier molecular flexibility index (Phi) is 8.64. The predicted molar refractivity (Wildman–Crippen MR) is 177 cm³/mol. The van der Waals surface area contributed by atoms with Crippen LogP contribution in [0.5, 0.6) is 0 Å². The number of thioether (sulfide) groups is 4. The van der Waals surface area contributed by atoms with Crippen molar-refractivity contribution < 1.29 is 0 Å². The van der Waals surface area contributed by atoms with E-state index in [1.54, 1.807) is 0 Å². The van der Waals surface area contributed by atoms with Crippen molar-refractivity contribution >= 4 is 78.8 Å². The average molecular weight is 587 g/mol. The van der Waals surface area contributed by atoms with Crippen molar-refractivity contribution in [2.45, 2.75) is 6.42 Å². The van der Waals surface area contributed by atoms with Gasteiger partial charge in [0.2, 0.25) is 0 Å². The van der Waals surface area contributed by atoms with Gasteiger partial charge in [-0.25, -0.2) is 0 Å². The Labute approximate surface area is 239 Å². The summed E-state index contributed by atoms with van der Waals surface area (Å²) in [7, 11) is -1.11. The summed E-state index contributed by atoms with van der Waals surface area (Å²) in [5.74, 6) is 0. The summed E-state index contributed by atoms with van der Waals surface area (Å²) in [5, 5.41) is 10.5. The third-order valence-electron chi connectivity index (χ3n) is 5.81. The molecule has 0 amide bonds. The van der Waals surface area contributed by atoms with E-state index in [1.165, 1.54) is 39.0 Å². The van der Waals surface area contributed by atoms with E-state index in [1.807, 2.05) is 47.0 Å². The molecule has 6 rings (SSSR count). The second-order valence-corrected chi connectivity index (χ2v) is 17.6. The standard InChI is InChI=1S/C31H24P2S4/c1-2-7-15-24(14-6-1)32(25-16-8-3-9-17-25)28-22-34-30(36-28)31-35-23-29(37-31)33(26-18-10-4-11-19-26)27-20-12-5-13-21-27/h1-6,8-23H,7H2/b31-30+. The number of hydrogen-bond donors (Lipinski definition) is 0. The number of allylic oxidation sites excluding steroid dienone is 6. The van der Waals surface area contributed by atoms with Crippen LogP contribution in [0, 0.1) is 0 Å². The van der Waals surface area contributed by atoms with E-state index in [2.05, 4.69) is 132 Å². The van der Waals surface area contributed by atoms with Crippen LogP contribution in [-0.2, 0) is 0 Å². The lowest BCUT2D eigenvalue weighted by Crippen LogP contribution is -2.11. The van der Waals surface area contributed by atoms with Crippen molar-refractivity contribution in [1.29, 1.82) is 0 Å². The maximum atomic E-state index is 2.41. The summed E-state index contributed by atoms with van der Waals surface area (Å²) in [5.41, 5.74) is 0. The van der Waals surface area contributed by atoms with E-state index in [-0.39, 0.29) is 0 Å². The quantitative estimate of drug-likeness (QED) is 0.264. The first kappa shape index (κ1) is 25.6. The average Bonchev–Trinajstić information content (AvgIpc) is 3.55. The van der Waals surface area contributed by atoms with Gasteiger partial charge in [-0.1, -0.05) is 168 Å². The maximum Gasteiger partial charge on any atom is 0.0701 e. The molecule has 3 aromatic carbocycles. The minimum Gasteiger partial charge on any atom is -0.0877 e. The molecule has 0 spiro atoms.